The van der Waals surface area contributed by atoms with Crippen LogP contribution in [-0.4, -0.2) is 62.7 Å². The number of hydrogen-bond acceptors (Lipinski definition) is 3. The van der Waals surface area contributed by atoms with Gasteiger partial charge in [-0.1, -0.05) is 54.1 Å². The molecule has 1 heterocycles. The molecule has 35 heavy (non-hydrogen) atoms. The van der Waals surface area contributed by atoms with Crippen LogP contribution in [0.5, 0.6) is 0 Å². The van der Waals surface area contributed by atoms with Crippen LogP contribution in [0.15, 0.2) is 57.6 Å². The number of rotatable bonds is 8. The van der Waals surface area contributed by atoms with E-state index in [2.05, 4.69) is 51.5 Å². The van der Waals surface area contributed by atoms with Crippen LogP contribution in [0, 0.1) is 5.82 Å². The van der Waals surface area contributed by atoms with E-state index in [9.17, 15) is 4.79 Å². The van der Waals surface area contributed by atoms with Crippen molar-refractivity contribution >= 4 is 33.6 Å². The van der Waals surface area contributed by atoms with Crippen LogP contribution in [0.1, 0.15) is 67.4 Å². The Labute approximate surface area is 219 Å². The summed E-state index contributed by atoms with van der Waals surface area (Å²) in [7, 11) is 5.13. The minimum absolute atomic E-state index is 0.154. The van der Waals surface area contributed by atoms with E-state index < -0.39 is 0 Å². The number of hydrogen-bond donors (Lipinski definition) is 0. The first kappa shape index (κ1) is 28.9. The fourth-order valence-electron chi connectivity index (χ4n) is 4.16. The summed E-state index contributed by atoms with van der Waals surface area (Å²) in [4.78, 5) is 20.2. The molecule has 3 rings (SSSR count). The summed E-state index contributed by atoms with van der Waals surface area (Å²) in [5, 5.41) is 0. The second kappa shape index (κ2) is 13.7. The molecule has 1 fully saturated rings. The molecule has 1 aliphatic heterocycles. The number of allylic oxidation sites excluding steroid dienone is 4. The van der Waals surface area contributed by atoms with E-state index in [1.165, 1.54) is 16.5 Å². The lowest BCUT2D eigenvalue weighted by Crippen LogP contribution is -2.30. The molecule has 0 spiro atoms. The Bertz CT molecular complexity index is 1050. The number of carbonyl (C=O) groups is 1. The molecule has 0 saturated heterocycles. The van der Waals surface area contributed by atoms with Gasteiger partial charge in [0.1, 0.15) is 5.82 Å². The van der Waals surface area contributed by atoms with Gasteiger partial charge in [-0.15, -0.1) is 0 Å². The van der Waals surface area contributed by atoms with Gasteiger partial charge in [0.2, 0.25) is 0 Å². The first-order chi connectivity index (χ1) is 16.7. The minimum Gasteiger partial charge on any atom is -0.345 e. The van der Waals surface area contributed by atoms with E-state index in [1.807, 2.05) is 26.0 Å². The Morgan fingerprint density at radius 2 is 2.00 bits per heavy atom. The van der Waals surface area contributed by atoms with Crippen LogP contribution in [-0.2, 0) is 0 Å². The molecule has 0 atom stereocenters. The molecule has 1 saturated carbocycles. The predicted molar refractivity (Wildman–Crippen MR) is 151 cm³/mol. The molecule has 1 aromatic carbocycles. The Hall–Kier alpha value is -2.31. The van der Waals surface area contributed by atoms with Gasteiger partial charge in [-0.2, -0.15) is 0 Å². The molecule has 0 aromatic heterocycles. The Balaban J connectivity index is 0.00000210. The van der Waals surface area contributed by atoms with Gasteiger partial charge in [0.05, 0.1) is 0 Å². The quantitative estimate of drug-likeness (QED) is 0.261. The van der Waals surface area contributed by atoms with Crippen LogP contribution in [0.2, 0.25) is 0 Å². The monoisotopic (exact) mass is 543 g/mol. The zero-order valence-electron chi connectivity index (χ0n) is 22.0. The zero-order valence-corrected chi connectivity index (χ0v) is 23.6. The summed E-state index contributed by atoms with van der Waals surface area (Å²) >= 11 is 3.53. The maximum atomic E-state index is 15.3. The second-order valence-corrected chi connectivity index (χ2v) is 9.90. The van der Waals surface area contributed by atoms with E-state index in [4.69, 9.17) is 0 Å². The summed E-state index contributed by atoms with van der Waals surface area (Å²) in [6.45, 7) is 12.7. The van der Waals surface area contributed by atoms with Crippen molar-refractivity contribution in [1.82, 2.24) is 9.80 Å². The van der Waals surface area contributed by atoms with Crippen LogP contribution in [0.3, 0.4) is 0 Å². The third-order valence-corrected chi connectivity index (χ3v) is 6.75. The molecule has 0 unspecified atom stereocenters. The van der Waals surface area contributed by atoms with E-state index in [0.717, 1.165) is 65.7 Å². The number of amides is 1. The van der Waals surface area contributed by atoms with Gasteiger partial charge >= 0.3 is 0 Å². The number of aliphatic imine (C=N–C) groups is 1. The molecule has 4 nitrogen and oxygen atoms in total. The van der Waals surface area contributed by atoms with Crippen molar-refractivity contribution in [3.8, 4) is 0 Å². The Morgan fingerprint density at radius 3 is 2.54 bits per heavy atom. The molecule has 1 amide bonds. The van der Waals surface area contributed by atoms with Gasteiger partial charge in [-0.05, 0) is 67.0 Å². The molecule has 2 aliphatic rings. The average molecular weight is 545 g/mol. The van der Waals surface area contributed by atoms with Crippen LogP contribution in [0.25, 0.3) is 5.57 Å². The minimum atomic E-state index is -0.274. The summed E-state index contributed by atoms with van der Waals surface area (Å²) in [5.41, 5.74) is 5.34. The fourth-order valence-corrected chi connectivity index (χ4v) is 4.39. The fraction of sp³-hybridized carbons (Fsp3) is 0.448. The Morgan fingerprint density at radius 1 is 1.31 bits per heavy atom. The van der Waals surface area contributed by atoms with E-state index >= 15 is 4.39 Å². The van der Waals surface area contributed by atoms with Gasteiger partial charge in [0, 0.05) is 62.6 Å². The lowest BCUT2D eigenvalue weighted by atomic mass is 9.90. The van der Waals surface area contributed by atoms with Crippen molar-refractivity contribution in [2.45, 2.75) is 46.0 Å². The highest BCUT2D eigenvalue weighted by Crippen LogP contribution is 2.45. The zero-order chi connectivity index (χ0) is 26.1. The third kappa shape index (κ3) is 8.11. The molecular weight excluding hydrogens is 505 g/mol. The lowest BCUT2D eigenvalue weighted by Gasteiger charge is -2.28. The van der Waals surface area contributed by atoms with Crippen LogP contribution in [0.4, 0.5) is 4.39 Å². The first-order valence-electron chi connectivity index (χ1n) is 12.3. The molecule has 0 radical (unpaired) electrons. The molecular formula is C29H39BrFN3O. The standard InChI is InChI=1S/C27H33BrFN3O.C2H6/c1-18(14-19(2)24(28)8-11-30-3)17-32-12-9-21(10-13-32)26-23(20-6-7-20)15-22(16-25(26)29)27(33)31(4)5;1-2/h8-9,11,14-16,20H,2,6-7,10,12-13,17H2,1,3-5H3;1-2H3/b18-14+,24-8+,30-11?;. The molecule has 0 N–H and O–H groups in total. The van der Waals surface area contributed by atoms with Crippen LogP contribution < -0.4 is 0 Å². The predicted octanol–water partition coefficient (Wildman–Crippen LogP) is 7.00. The van der Waals surface area contributed by atoms with Crippen molar-refractivity contribution in [1.29, 1.82) is 0 Å². The van der Waals surface area contributed by atoms with E-state index in [0.29, 0.717) is 11.5 Å². The number of nitrogens with zero attached hydrogens (tertiary/aromatic N) is 3. The molecule has 6 heteroatoms. The average Bonchev–Trinajstić information content (AvgIpc) is 3.68. The van der Waals surface area contributed by atoms with Gasteiger partial charge in [-0.25, -0.2) is 4.39 Å². The highest BCUT2D eigenvalue weighted by atomic mass is 79.9. The normalized spacial score (nSPS) is 17.1. The van der Waals surface area contributed by atoms with Gasteiger partial charge in [0.25, 0.3) is 5.91 Å². The summed E-state index contributed by atoms with van der Waals surface area (Å²) in [6.07, 6.45) is 10.8. The maximum Gasteiger partial charge on any atom is 0.253 e. The van der Waals surface area contributed by atoms with Gasteiger partial charge < -0.3 is 4.90 Å². The smallest absolute Gasteiger partial charge is 0.253 e. The van der Waals surface area contributed by atoms with E-state index in [1.54, 1.807) is 27.4 Å². The van der Waals surface area contributed by atoms with Crippen molar-refractivity contribution in [3.63, 3.8) is 0 Å². The van der Waals surface area contributed by atoms with Crippen molar-refractivity contribution < 1.29 is 9.18 Å². The molecule has 1 aromatic rings. The maximum absolute atomic E-state index is 15.3. The molecule has 190 valence electrons. The summed E-state index contributed by atoms with van der Waals surface area (Å²) < 4.78 is 16.2. The number of benzene rings is 1. The van der Waals surface area contributed by atoms with Gasteiger partial charge in [-0.3, -0.25) is 14.7 Å². The highest BCUT2D eigenvalue weighted by molar-refractivity contribution is 9.12. The lowest BCUT2D eigenvalue weighted by molar-refractivity contribution is 0.0827. The number of carbonyl (C=O) groups excluding carboxylic acids is 1. The molecule has 1 aliphatic carbocycles. The van der Waals surface area contributed by atoms with Crippen LogP contribution >= 0.6 is 15.9 Å². The van der Waals surface area contributed by atoms with Crippen molar-refractivity contribution in [2.75, 3.05) is 40.8 Å². The van der Waals surface area contributed by atoms with E-state index in [-0.39, 0.29) is 11.7 Å². The van der Waals surface area contributed by atoms with Gasteiger partial charge in [0.15, 0.2) is 0 Å². The Kier molecular flexibility index (Phi) is 11.3. The SMILES string of the molecule is C=C(/C=C(\C)CN1CC=C(c2c(F)cc(C(=O)N(C)C)cc2C2CC2)CC1)/C(Br)=C\C=NC.CC. The molecule has 0 bridgehead atoms. The first-order valence-corrected chi connectivity index (χ1v) is 13.1. The second-order valence-electron chi connectivity index (χ2n) is 9.05. The number of halogens is 2. The summed E-state index contributed by atoms with van der Waals surface area (Å²) in [6, 6.07) is 3.32. The third-order valence-electron chi connectivity index (χ3n) is 5.98. The highest BCUT2D eigenvalue weighted by Gasteiger charge is 2.31. The summed E-state index contributed by atoms with van der Waals surface area (Å²) in [5.74, 6) is -0.0637. The van der Waals surface area contributed by atoms with Crippen molar-refractivity contribution in [2.24, 2.45) is 4.99 Å². The van der Waals surface area contributed by atoms with Crippen molar-refractivity contribution in [3.05, 3.63) is 75.1 Å². The largest absolute Gasteiger partial charge is 0.345 e. The topological polar surface area (TPSA) is 35.9 Å².